The van der Waals surface area contributed by atoms with Crippen molar-refractivity contribution in [3.63, 3.8) is 0 Å². The highest BCUT2D eigenvalue weighted by Crippen LogP contribution is 2.41. The molecule has 1 aromatic heterocycles. The van der Waals surface area contributed by atoms with E-state index in [2.05, 4.69) is 25.1 Å². The first-order valence-corrected chi connectivity index (χ1v) is 10.1. The van der Waals surface area contributed by atoms with Crippen LogP contribution in [-0.4, -0.2) is 4.57 Å². The number of aryl methyl sites for hydroxylation is 2. The Morgan fingerprint density at radius 3 is 2.74 bits per heavy atom. The van der Waals surface area contributed by atoms with Gasteiger partial charge in [0.2, 0.25) is 0 Å². The molecule has 0 saturated heterocycles. The van der Waals surface area contributed by atoms with Crippen molar-refractivity contribution < 1.29 is 4.39 Å². The predicted molar refractivity (Wildman–Crippen MR) is 107 cm³/mol. The van der Waals surface area contributed by atoms with Gasteiger partial charge in [-0.1, -0.05) is 31.2 Å². The molecule has 2 aromatic carbocycles. The lowest BCUT2D eigenvalue weighted by atomic mass is 9.86. The molecule has 138 valence electrons. The summed E-state index contributed by atoms with van der Waals surface area (Å²) in [5.74, 6) is 0.107. The summed E-state index contributed by atoms with van der Waals surface area (Å²) in [6.07, 6.45) is 8.17. The predicted octanol–water partition coefficient (Wildman–Crippen LogP) is 5.51. The maximum atomic E-state index is 14.8. The van der Waals surface area contributed by atoms with E-state index in [4.69, 9.17) is 0 Å². The maximum Gasteiger partial charge on any atom is 0.261 e. The number of pyridine rings is 1. The van der Waals surface area contributed by atoms with E-state index in [1.165, 1.54) is 16.7 Å². The second kappa shape index (κ2) is 6.33. The molecule has 1 heterocycles. The van der Waals surface area contributed by atoms with Crippen molar-refractivity contribution in [2.24, 2.45) is 0 Å². The van der Waals surface area contributed by atoms with E-state index in [0.717, 1.165) is 49.5 Å². The first kappa shape index (κ1) is 16.7. The van der Waals surface area contributed by atoms with Crippen molar-refractivity contribution in [2.75, 3.05) is 0 Å². The lowest BCUT2D eigenvalue weighted by Gasteiger charge is -2.28. The number of nitrogens with zero attached hydrogens (tertiary/aromatic N) is 1. The van der Waals surface area contributed by atoms with Crippen molar-refractivity contribution in [3.8, 4) is 0 Å². The van der Waals surface area contributed by atoms with Crippen LogP contribution in [0.2, 0.25) is 0 Å². The van der Waals surface area contributed by atoms with Gasteiger partial charge in [-0.2, -0.15) is 0 Å². The standard InChI is InChI=1S/C24H24FNO/c1-2-15-6-9-20-17(12-15)4-3-5-22(20)26-11-10-18-13-19(16-7-8-16)14-21(25)23(18)24(26)27/h6,9-14,16,22H,2-5,7-8H2,1H3. The van der Waals surface area contributed by atoms with E-state index in [0.29, 0.717) is 5.92 Å². The van der Waals surface area contributed by atoms with Crippen LogP contribution < -0.4 is 5.56 Å². The number of benzene rings is 2. The molecule has 5 rings (SSSR count). The number of halogens is 1. The molecule has 1 unspecified atom stereocenters. The number of hydrogen-bond donors (Lipinski definition) is 0. The topological polar surface area (TPSA) is 22.0 Å². The summed E-state index contributed by atoms with van der Waals surface area (Å²) in [5.41, 5.74) is 4.72. The van der Waals surface area contributed by atoms with Gasteiger partial charge in [0, 0.05) is 6.20 Å². The lowest BCUT2D eigenvalue weighted by molar-refractivity contribution is 0.479. The van der Waals surface area contributed by atoms with Crippen LogP contribution in [-0.2, 0) is 12.8 Å². The zero-order valence-corrected chi connectivity index (χ0v) is 15.7. The molecule has 1 saturated carbocycles. The number of rotatable bonds is 3. The van der Waals surface area contributed by atoms with Gasteiger partial charge in [-0.15, -0.1) is 0 Å². The second-order valence-electron chi connectivity index (χ2n) is 8.06. The first-order chi connectivity index (χ1) is 13.2. The van der Waals surface area contributed by atoms with Gasteiger partial charge in [0.05, 0.1) is 11.4 Å². The Morgan fingerprint density at radius 2 is 1.96 bits per heavy atom. The molecule has 0 amide bonds. The highest BCUT2D eigenvalue weighted by atomic mass is 19.1. The Hall–Kier alpha value is -2.42. The monoisotopic (exact) mass is 361 g/mol. The van der Waals surface area contributed by atoms with Gasteiger partial charge < -0.3 is 4.57 Å². The Morgan fingerprint density at radius 1 is 1.11 bits per heavy atom. The smallest absolute Gasteiger partial charge is 0.261 e. The highest BCUT2D eigenvalue weighted by Gasteiger charge is 2.27. The van der Waals surface area contributed by atoms with Crippen LogP contribution in [0.5, 0.6) is 0 Å². The molecule has 1 fully saturated rings. The van der Waals surface area contributed by atoms with Crippen molar-refractivity contribution in [1.82, 2.24) is 4.57 Å². The number of fused-ring (bicyclic) bond motifs is 2. The zero-order valence-electron chi connectivity index (χ0n) is 15.7. The van der Waals surface area contributed by atoms with Crippen LogP contribution in [0.1, 0.15) is 66.8 Å². The Balaban J connectivity index is 1.64. The van der Waals surface area contributed by atoms with E-state index < -0.39 is 0 Å². The molecular weight excluding hydrogens is 337 g/mol. The molecule has 3 heteroatoms. The Bertz CT molecular complexity index is 1090. The molecule has 2 aliphatic carbocycles. The van der Waals surface area contributed by atoms with Crippen LogP contribution in [0.4, 0.5) is 4.39 Å². The fourth-order valence-corrected chi connectivity index (χ4v) is 4.61. The molecule has 0 bridgehead atoms. The van der Waals surface area contributed by atoms with E-state index >= 15 is 0 Å². The summed E-state index contributed by atoms with van der Waals surface area (Å²) >= 11 is 0. The van der Waals surface area contributed by atoms with Crippen molar-refractivity contribution in [3.05, 3.63) is 81.0 Å². The van der Waals surface area contributed by atoms with Gasteiger partial charge in [0.25, 0.3) is 5.56 Å². The van der Waals surface area contributed by atoms with Crippen LogP contribution in [0.15, 0.2) is 47.4 Å². The minimum absolute atomic E-state index is 0.000866. The number of aromatic nitrogens is 1. The van der Waals surface area contributed by atoms with Crippen molar-refractivity contribution in [2.45, 2.75) is 57.4 Å². The van der Waals surface area contributed by atoms with Crippen LogP contribution >= 0.6 is 0 Å². The summed E-state index contributed by atoms with van der Waals surface area (Å²) in [4.78, 5) is 13.2. The minimum atomic E-state index is -0.369. The molecule has 27 heavy (non-hydrogen) atoms. The van der Waals surface area contributed by atoms with Gasteiger partial charge in [0.15, 0.2) is 0 Å². The van der Waals surface area contributed by atoms with E-state index in [1.54, 1.807) is 10.6 Å². The highest BCUT2D eigenvalue weighted by molar-refractivity contribution is 5.83. The van der Waals surface area contributed by atoms with Gasteiger partial charge >= 0.3 is 0 Å². The number of hydrogen-bond acceptors (Lipinski definition) is 1. The fourth-order valence-electron chi connectivity index (χ4n) is 4.61. The molecule has 3 aromatic rings. The van der Waals surface area contributed by atoms with Gasteiger partial charge in [-0.25, -0.2) is 4.39 Å². The molecule has 1 atom stereocenters. The first-order valence-electron chi connectivity index (χ1n) is 10.1. The van der Waals surface area contributed by atoms with E-state index in [-0.39, 0.29) is 22.8 Å². The third kappa shape index (κ3) is 2.80. The lowest BCUT2D eigenvalue weighted by Crippen LogP contribution is -2.28. The molecule has 0 N–H and O–H groups in total. The third-order valence-electron chi connectivity index (χ3n) is 6.29. The summed E-state index contributed by atoms with van der Waals surface area (Å²) in [7, 11) is 0. The van der Waals surface area contributed by atoms with Crippen molar-refractivity contribution >= 4 is 10.8 Å². The van der Waals surface area contributed by atoms with Crippen molar-refractivity contribution in [1.29, 1.82) is 0 Å². The average Bonchev–Trinajstić information content (AvgIpc) is 3.52. The van der Waals surface area contributed by atoms with Gasteiger partial charge in [-0.05, 0) is 84.2 Å². The van der Waals surface area contributed by atoms with Crippen LogP contribution in [0.25, 0.3) is 10.8 Å². The second-order valence-corrected chi connectivity index (χ2v) is 8.06. The minimum Gasteiger partial charge on any atom is -0.307 e. The van der Waals surface area contributed by atoms with Gasteiger partial charge in [0.1, 0.15) is 5.82 Å². The van der Waals surface area contributed by atoms with Crippen LogP contribution in [0.3, 0.4) is 0 Å². The molecule has 0 aliphatic heterocycles. The SMILES string of the molecule is CCc1ccc2c(c1)CCCC2n1ccc2cc(C3CC3)cc(F)c2c1=O. The Labute approximate surface area is 158 Å². The summed E-state index contributed by atoms with van der Waals surface area (Å²) in [6, 6.07) is 12.1. The van der Waals surface area contributed by atoms with E-state index in [9.17, 15) is 9.18 Å². The summed E-state index contributed by atoms with van der Waals surface area (Å²) < 4.78 is 16.6. The largest absolute Gasteiger partial charge is 0.307 e. The van der Waals surface area contributed by atoms with E-state index in [1.807, 2.05) is 18.3 Å². The maximum absolute atomic E-state index is 14.8. The van der Waals surface area contributed by atoms with Crippen LogP contribution in [0, 0.1) is 5.82 Å². The molecular formula is C24H24FNO. The molecule has 2 nitrogen and oxygen atoms in total. The van der Waals surface area contributed by atoms with Gasteiger partial charge in [-0.3, -0.25) is 4.79 Å². The Kier molecular flexibility index (Phi) is 3.92. The fraction of sp³-hybridized carbons (Fsp3) is 0.375. The molecule has 0 spiro atoms. The summed E-state index contributed by atoms with van der Waals surface area (Å²) in [5, 5.41) is 0.967. The molecule has 2 aliphatic rings. The third-order valence-corrected chi connectivity index (χ3v) is 6.29. The summed E-state index contributed by atoms with van der Waals surface area (Å²) in [6.45, 7) is 2.16. The quantitative estimate of drug-likeness (QED) is 0.603. The normalized spacial score (nSPS) is 19.3. The zero-order chi connectivity index (χ0) is 18.5. The average molecular weight is 361 g/mol. The molecule has 0 radical (unpaired) electrons.